The number of benzene rings is 2. The molecule has 1 amide bonds. The van der Waals surface area contributed by atoms with Gasteiger partial charge in [-0.15, -0.1) is 0 Å². The first-order valence-corrected chi connectivity index (χ1v) is 10.1. The van der Waals surface area contributed by atoms with Crippen LogP contribution in [-0.4, -0.2) is 25.7 Å². The second-order valence-electron chi connectivity index (χ2n) is 6.67. The normalized spacial score (nSPS) is 13.3. The smallest absolute Gasteiger partial charge is 0.238 e. The number of carbonyl (C=O) groups excluding carboxylic acids is 1. The lowest BCUT2D eigenvalue weighted by Crippen LogP contribution is -2.45. The maximum atomic E-state index is 12.6. The van der Waals surface area contributed by atoms with Crippen LogP contribution >= 0.6 is 23.2 Å². The molecule has 0 saturated heterocycles. The van der Waals surface area contributed by atoms with E-state index in [0.717, 1.165) is 18.4 Å². The lowest BCUT2D eigenvalue weighted by molar-refractivity contribution is -0.115. The molecule has 0 radical (unpaired) electrons. The number of ether oxygens (including phenoxy) is 2. The van der Waals surface area contributed by atoms with Crippen molar-refractivity contribution in [1.82, 2.24) is 5.32 Å². The van der Waals surface area contributed by atoms with Gasteiger partial charge in [0.15, 0.2) is 11.5 Å². The van der Waals surface area contributed by atoms with Gasteiger partial charge in [0.1, 0.15) is 13.2 Å². The first-order valence-electron chi connectivity index (χ1n) is 9.37. The van der Waals surface area contributed by atoms with Crippen LogP contribution in [0.5, 0.6) is 11.5 Å². The molecular weight excluding hydrogens is 399 g/mol. The average molecular weight is 423 g/mol. The summed E-state index contributed by atoms with van der Waals surface area (Å²) >= 11 is 12.3. The Bertz CT molecular complexity index is 836. The molecule has 5 nitrogen and oxygen atoms in total. The highest BCUT2D eigenvalue weighted by atomic mass is 35.5. The summed E-state index contributed by atoms with van der Waals surface area (Å²) in [6, 6.07) is 11.1. The van der Waals surface area contributed by atoms with Crippen molar-refractivity contribution in [2.24, 2.45) is 0 Å². The number of hydrogen-bond donors (Lipinski definition) is 2. The quantitative estimate of drug-likeness (QED) is 0.658. The van der Waals surface area contributed by atoms with Crippen molar-refractivity contribution in [3.8, 4) is 11.5 Å². The number of amides is 1. The van der Waals surface area contributed by atoms with Crippen LogP contribution in [0.1, 0.15) is 32.3 Å². The van der Waals surface area contributed by atoms with Crippen LogP contribution < -0.4 is 20.1 Å². The van der Waals surface area contributed by atoms with Gasteiger partial charge in [-0.3, -0.25) is 10.1 Å². The second-order valence-corrected chi connectivity index (χ2v) is 7.52. The SMILES string of the molecule is CCC(CC)(NCC(=O)Nc1cc2c(cc1Cl)OCCO2)c1ccc(Cl)cc1. The maximum Gasteiger partial charge on any atom is 0.238 e. The van der Waals surface area contributed by atoms with E-state index in [-0.39, 0.29) is 18.0 Å². The molecule has 0 fully saturated rings. The first-order chi connectivity index (χ1) is 13.5. The number of halogens is 2. The van der Waals surface area contributed by atoms with Crippen LogP contribution in [0, 0.1) is 0 Å². The summed E-state index contributed by atoms with van der Waals surface area (Å²) in [4.78, 5) is 12.6. The van der Waals surface area contributed by atoms with E-state index in [2.05, 4.69) is 24.5 Å². The molecule has 0 spiro atoms. The van der Waals surface area contributed by atoms with Gasteiger partial charge in [-0.25, -0.2) is 0 Å². The van der Waals surface area contributed by atoms with Gasteiger partial charge < -0.3 is 14.8 Å². The average Bonchev–Trinajstić information content (AvgIpc) is 2.71. The van der Waals surface area contributed by atoms with Gasteiger partial charge in [0.05, 0.1) is 17.3 Å². The minimum absolute atomic E-state index is 0.148. The summed E-state index contributed by atoms with van der Waals surface area (Å²) < 4.78 is 11.1. The Morgan fingerprint density at radius 1 is 1.04 bits per heavy atom. The van der Waals surface area contributed by atoms with Gasteiger partial charge >= 0.3 is 0 Å². The predicted octanol–water partition coefficient (Wildman–Crippen LogP) is 5.01. The van der Waals surface area contributed by atoms with E-state index < -0.39 is 0 Å². The molecule has 2 aromatic rings. The number of rotatable bonds is 7. The molecule has 0 bridgehead atoms. The molecule has 1 heterocycles. The summed E-state index contributed by atoms with van der Waals surface area (Å²) in [6.07, 6.45) is 1.67. The highest BCUT2D eigenvalue weighted by molar-refractivity contribution is 6.34. The Morgan fingerprint density at radius 2 is 1.64 bits per heavy atom. The third kappa shape index (κ3) is 4.54. The first kappa shape index (κ1) is 20.8. The highest BCUT2D eigenvalue weighted by Crippen LogP contribution is 2.38. The fraction of sp³-hybridized carbons (Fsp3) is 0.381. The zero-order valence-corrected chi connectivity index (χ0v) is 17.5. The number of anilines is 1. The van der Waals surface area contributed by atoms with Gasteiger partial charge in [-0.2, -0.15) is 0 Å². The Hall–Kier alpha value is -1.95. The van der Waals surface area contributed by atoms with E-state index in [9.17, 15) is 4.79 Å². The minimum atomic E-state index is -0.307. The third-order valence-corrected chi connectivity index (χ3v) is 5.66. The van der Waals surface area contributed by atoms with Crippen molar-refractivity contribution in [1.29, 1.82) is 0 Å². The second kappa shape index (κ2) is 9.03. The Kier molecular flexibility index (Phi) is 6.70. The lowest BCUT2D eigenvalue weighted by Gasteiger charge is -2.33. The van der Waals surface area contributed by atoms with Crippen LogP contribution in [0.2, 0.25) is 10.0 Å². The molecule has 0 aromatic heterocycles. The Labute approximate surface area is 175 Å². The molecule has 3 rings (SSSR count). The predicted molar refractivity (Wildman–Crippen MR) is 113 cm³/mol. The Balaban J connectivity index is 1.69. The molecule has 28 heavy (non-hydrogen) atoms. The molecule has 1 aliphatic heterocycles. The third-order valence-electron chi connectivity index (χ3n) is 5.10. The van der Waals surface area contributed by atoms with Crippen molar-refractivity contribution in [2.75, 3.05) is 25.1 Å². The molecule has 2 N–H and O–H groups in total. The zero-order chi connectivity index (χ0) is 20.1. The number of carbonyl (C=O) groups is 1. The van der Waals surface area contributed by atoms with Gasteiger partial charge in [0.25, 0.3) is 0 Å². The summed E-state index contributed by atoms with van der Waals surface area (Å²) in [5.74, 6) is 0.987. The maximum absolute atomic E-state index is 12.6. The summed E-state index contributed by atoms with van der Waals surface area (Å²) in [5, 5.41) is 7.37. The van der Waals surface area contributed by atoms with E-state index >= 15 is 0 Å². The number of hydrogen-bond acceptors (Lipinski definition) is 4. The monoisotopic (exact) mass is 422 g/mol. The fourth-order valence-corrected chi connectivity index (χ4v) is 3.71. The van der Waals surface area contributed by atoms with Crippen molar-refractivity contribution in [3.63, 3.8) is 0 Å². The topological polar surface area (TPSA) is 59.6 Å². The van der Waals surface area contributed by atoms with Gasteiger partial charge in [0.2, 0.25) is 5.91 Å². The Morgan fingerprint density at radius 3 is 2.25 bits per heavy atom. The molecule has 0 saturated carbocycles. The molecule has 7 heteroatoms. The van der Waals surface area contributed by atoms with Crippen molar-refractivity contribution in [2.45, 2.75) is 32.2 Å². The summed E-state index contributed by atoms with van der Waals surface area (Å²) in [7, 11) is 0. The van der Waals surface area contributed by atoms with E-state index in [1.54, 1.807) is 12.1 Å². The largest absolute Gasteiger partial charge is 0.486 e. The molecule has 0 unspecified atom stereocenters. The molecule has 150 valence electrons. The van der Waals surface area contributed by atoms with Crippen LogP contribution in [0.25, 0.3) is 0 Å². The van der Waals surface area contributed by atoms with Crippen LogP contribution in [-0.2, 0) is 10.3 Å². The van der Waals surface area contributed by atoms with Crippen LogP contribution in [0.15, 0.2) is 36.4 Å². The molecule has 0 aliphatic carbocycles. The minimum Gasteiger partial charge on any atom is -0.486 e. The standard InChI is InChI=1S/C21H24Cl2N2O3/c1-3-21(4-2,14-5-7-15(22)8-6-14)24-13-20(26)25-17-12-19-18(11-16(17)23)27-9-10-28-19/h5-8,11-12,24H,3-4,9-10,13H2,1-2H3,(H,25,26). The van der Waals surface area contributed by atoms with Crippen molar-refractivity contribution >= 4 is 34.8 Å². The van der Waals surface area contributed by atoms with Crippen molar-refractivity contribution < 1.29 is 14.3 Å². The summed E-state index contributed by atoms with van der Waals surface area (Å²) in [6.45, 7) is 5.30. The molecular formula is C21H24Cl2N2O3. The van der Waals surface area contributed by atoms with E-state index in [1.807, 2.05) is 24.3 Å². The van der Waals surface area contributed by atoms with Gasteiger partial charge in [-0.1, -0.05) is 49.2 Å². The number of nitrogens with one attached hydrogen (secondary N) is 2. The van der Waals surface area contributed by atoms with Crippen LogP contribution in [0.3, 0.4) is 0 Å². The fourth-order valence-electron chi connectivity index (χ4n) is 3.38. The molecule has 0 atom stereocenters. The lowest BCUT2D eigenvalue weighted by atomic mass is 9.84. The van der Waals surface area contributed by atoms with E-state index in [1.165, 1.54) is 0 Å². The summed E-state index contributed by atoms with van der Waals surface area (Å²) in [5.41, 5.74) is 1.30. The molecule has 2 aromatic carbocycles. The highest BCUT2D eigenvalue weighted by Gasteiger charge is 2.28. The number of fused-ring (bicyclic) bond motifs is 1. The molecule has 1 aliphatic rings. The van der Waals surface area contributed by atoms with Gasteiger partial charge in [0, 0.05) is 22.7 Å². The van der Waals surface area contributed by atoms with E-state index in [0.29, 0.717) is 40.4 Å². The van der Waals surface area contributed by atoms with Crippen LogP contribution in [0.4, 0.5) is 5.69 Å². The van der Waals surface area contributed by atoms with Crippen molar-refractivity contribution in [3.05, 3.63) is 52.0 Å². The van der Waals surface area contributed by atoms with Gasteiger partial charge in [-0.05, 0) is 30.5 Å². The van der Waals surface area contributed by atoms with E-state index in [4.69, 9.17) is 32.7 Å². The zero-order valence-electron chi connectivity index (χ0n) is 16.0.